The van der Waals surface area contributed by atoms with Gasteiger partial charge in [-0.25, -0.2) is 0 Å². The van der Waals surface area contributed by atoms with Crippen LogP contribution in [0.3, 0.4) is 0 Å². The minimum atomic E-state index is 0.806. The fraction of sp³-hybridized carbons (Fsp3) is 0.625. The molecule has 0 bridgehead atoms. The van der Waals surface area contributed by atoms with Crippen LogP contribution in [-0.2, 0) is 6.42 Å². The van der Waals surface area contributed by atoms with Gasteiger partial charge in [0.1, 0.15) is 0 Å². The van der Waals surface area contributed by atoms with Crippen LogP contribution in [0.4, 0.5) is 5.69 Å². The maximum absolute atomic E-state index is 9.07. The maximum Gasteiger partial charge on any atom is 0.0634 e. The Kier molecular flexibility index (Phi) is 8.26. The average molecular weight is 279 g/mol. The molecule has 2 N–H and O–H groups in total. The van der Waals surface area contributed by atoms with Crippen molar-refractivity contribution in [1.82, 2.24) is 9.80 Å². The molecule has 1 aromatic carbocycles. The summed E-state index contributed by atoms with van der Waals surface area (Å²) in [7, 11) is 4.34. The van der Waals surface area contributed by atoms with E-state index in [0.29, 0.717) is 0 Å². The molecule has 0 heterocycles. The van der Waals surface area contributed by atoms with E-state index >= 15 is 0 Å². The molecule has 1 aromatic rings. The Hall–Kier alpha value is -1.10. The predicted molar refractivity (Wildman–Crippen MR) is 85.5 cm³/mol. The van der Waals surface area contributed by atoms with Crippen LogP contribution >= 0.6 is 0 Å². The lowest BCUT2D eigenvalue weighted by molar-refractivity contribution is 0.256. The molecule has 114 valence electrons. The molecular weight excluding hydrogens is 250 g/mol. The number of hydrogen-bond donors (Lipinski definition) is 2. The third kappa shape index (κ3) is 6.37. The van der Waals surface area contributed by atoms with Crippen molar-refractivity contribution in [3.05, 3.63) is 29.8 Å². The first-order chi connectivity index (χ1) is 9.67. The highest BCUT2D eigenvalue weighted by Gasteiger charge is 2.05. The first-order valence-corrected chi connectivity index (χ1v) is 7.52. The quantitative estimate of drug-likeness (QED) is 0.646. The topological polar surface area (TPSA) is 38.7 Å². The molecule has 0 radical (unpaired) electrons. The van der Waals surface area contributed by atoms with Crippen LogP contribution in [0.25, 0.3) is 0 Å². The number of nitrogens with zero attached hydrogens (tertiary/aromatic N) is 2. The molecule has 0 aliphatic heterocycles. The summed E-state index contributed by atoms with van der Waals surface area (Å²) in [5.41, 5.74) is 4.23. The van der Waals surface area contributed by atoms with E-state index in [1.165, 1.54) is 19.4 Å². The molecule has 0 unspecified atom stereocenters. The Morgan fingerprint density at radius 3 is 2.30 bits per heavy atom. The lowest BCUT2D eigenvalue weighted by Crippen LogP contribution is -2.32. The Morgan fingerprint density at radius 1 is 1.00 bits per heavy atom. The largest absolute Gasteiger partial charge is 0.305 e. The summed E-state index contributed by atoms with van der Waals surface area (Å²) in [5, 5.41) is 9.07. The predicted octanol–water partition coefficient (Wildman–Crippen LogP) is 2.69. The van der Waals surface area contributed by atoms with Gasteiger partial charge in [-0.1, -0.05) is 31.5 Å². The summed E-state index contributed by atoms with van der Waals surface area (Å²) < 4.78 is 0. The molecule has 0 saturated carbocycles. The number of rotatable bonds is 10. The highest BCUT2D eigenvalue weighted by atomic mass is 16.5. The molecule has 20 heavy (non-hydrogen) atoms. The third-order valence-corrected chi connectivity index (χ3v) is 3.66. The van der Waals surface area contributed by atoms with Crippen molar-refractivity contribution in [2.24, 2.45) is 0 Å². The summed E-state index contributed by atoms with van der Waals surface area (Å²) in [6, 6.07) is 7.89. The zero-order valence-corrected chi connectivity index (χ0v) is 13.1. The smallest absolute Gasteiger partial charge is 0.0634 e. The van der Waals surface area contributed by atoms with Crippen molar-refractivity contribution in [3.63, 3.8) is 0 Å². The van der Waals surface area contributed by atoms with Gasteiger partial charge in [-0.05, 0) is 45.1 Å². The SMILES string of the molecule is CCCCN(C)CCN(C)CCc1ccccc1NO. The molecule has 0 fully saturated rings. The molecule has 0 spiro atoms. The van der Waals surface area contributed by atoms with Gasteiger partial charge >= 0.3 is 0 Å². The second-order valence-electron chi connectivity index (χ2n) is 5.48. The van der Waals surface area contributed by atoms with Crippen LogP contribution in [0.1, 0.15) is 25.3 Å². The summed E-state index contributed by atoms with van der Waals surface area (Å²) in [4.78, 5) is 4.74. The first kappa shape index (κ1) is 17.0. The van der Waals surface area contributed by atoms with Crippen molar-refractivity contribution in [1.29, 1.82) is 0 Å². The number of hydrogen-bond acceptors (Lipinski definition) is 4. The Balaban J connectivity index is 2.27. The first-order valence-electron chi connectivity index (χ1n) is 7.52. The Bertz CT molecular complexity index is 370. The number of unbranched alkanes of at least 4 members (excludes halogenated alkanes) is 1. The van der Waals surface area contributed by atoms with Crippen LogP contribution in [0.2, 0.25) is 0 Å². The van der Waals surface area contributed by atoms with Crippen molar-refractivity contribution < 1.29 is 5.21 Å². The fourth-order valence-electron chi connectivity index (χ4n) is 2.15. The van der Waals surface area contributed by atoms with Gasteiger partial charge in [0.05, 0.1) is 5.69 Å². The molecule has 1 rings (SSSR count). The van der Waals surface area contributed by atoms with Crippen LogP contribution in [0.15, 0.2) is 24.3 Å². The maximum atomic E-state index is 9.07. The van der Waals surface area contributed by atoms with E-state index in [0.717, 1.165) is 37.3 Å². The third-order valence-electron chi connectivity index (χ3n) is 3.66. The standard InChI is InChI=1S/C16H29N3O/c1-4-5-11-18(2)13-14-19(3)12-10-15-8-6-7-9-16(15)17-20/h6-9,17,20H,4-5,10-14H2,1-3H3. The normalized spacial score (nSPS) is 11.3. The molecule has 0 atom stereocenters. The van der Waals surface area contributed by atoms with E-state index in [4.69, 9.17) is 5.21 Å². The number of nitrogens with one attached hydrogen (secondary N) is 1. The van der Waals surface area contributed by atoms with Gasteiger partial charge in [-0.2, -0.15) is 0 Å². The molecule has 0 aromatic heterocycles. The van der Waals surface area contributed by atoms with E-state index in [9.17, 15) is 0 Å². The molecule has 4 nitrogen and oxygen atoms in total. The van der Waals surface area contributed by atoms with Crippen molar-refractivity contribution in [2.75, 3.05) is 45.8 Å². The Labute approximate surface area is 123 Å². The number of benzene rings is 1. The van der Waals surface area contributed by atoms with Crippen LogP contribution in [0, 0.1) is 0 Å². The van der Waals surface area contributed by atoms with Gasteiger partial charge in [-0.15, -0.1) is 0 Å². The molecule has 0 saturated heterocycles. The van der Waals surface area contributed by atoms with Gasteiger partial charge in [0.25, 0.3) is 0 Å². The van der Waals surface area contributed by atoms with E-state index in [1.807, 2.05) is 18.2 Å². The minimum Gasteiger partial charge on any atom is -0.305 e. The zero-order chi connectivity index (χ0) is 14.8. The summed E-state index contributed by atoms with van der Waals surface area (Å²) in [6.07, 6.45) is 3.47. The van der Waals surface area contributed by atoms with E-state index < -0.39 is 0 Å². The number of anilines is 1. The van der Waals surface area contributed by atoms with Crippen molar-refractivity contribution in [2.45, 2.75) is 26.2 Å². The van der Waals surface area contributed by atoms with Gasteiger partial charge in [0, 0.05) is 19.6 Å². The summed E-state index contributed by atoms with van der Waals surface area (Å²) >= 11 is 0. The minimum absolute atomic E-state index is 0.806. The van der Waals surface area contributed by atoms with E-state index in [1.54, 1.807) is 0 Å². The fourth-order valence-corrected chi connectivity index (χ4v) is 2.15. The lowest BCUT2D eigenvalue weighted by Gasteiger charge is -2.22. The average Bonchev–Trinajstić information content (AvgIpc) is 2.48. The van der Waals surface area contributed by atoms with Gasteiger partial charge < -0.3 is 9.80 Å². The van der Waals surface area contributed by atoms with Gasteiger partial charge in [0.15, 0.2) is 0 Å². The molecule has 0 aliphatic rings. The summed E-state index contributed by atoms with van der Waals surface area (Å²) in [6.45, 7) is 6.60. The van der Waals surface area contributed by atoms with Crippen LogP contribution in [-0.4, -0.2) is 55.3 Å². The van der Waals surface area contributed by atoms with Crippen LogP contribution in [0.5, 0.6) is 0 Å². The summed E-state index contributed by atoms with van der Waals surface area (Å²) in [5.74, 6) is 0. The van der Waals surface area contributed by atoms with E-state index in [-0.39, 0.29) is 0 Å². The van der Waals surface area contributed by atoms with Gasteiger partial charge in [-0.3, -0.25) is 10.7 Å². The van der Waals surface area contributed by atoms with Gasteiger partial charge in [0.2, 0.25) is 0 Å². The van der Waals surface area contributed by atoms with Crippen molar-refractivity contribution in [3.8, 4) is 0 Å². The monoisotopic (exact) mass is 279 g/mol. The molecule has 0 amide bonds. The van der Waals surface area contributed by atoms with Crippen molar-refractivity contribution >= 4 is 5.69 Å². The Morgan fingerprint density at radius 2 is 1.65 bits per heavy atom. The number of para-hydroxylation sites is 1. The van der Waals surface area contributed by atoms with E-state index in [2.05, 4.69) is 42.4 Å². The highest BCUT2D eigenvalue weighted by Crippen LogP contribution is 2.14. The number of likely N-dealkylation sites (N-methyl/N-ethyl adjacent to an activating group) is 2. The second-order valence-corrected chi connectivity index (χ2v) is 5.48. The molecule has 4 heteroatoms. The zero-order valence-electron chi connectivity index (χ0n) is 13.1. The lowest BCUT2D eigenvalue weighted by atomic mass is 10.1. The highest BCUT2D eigenvalue weighted by molar-refractivity contribution is 5.49. The second kappa shape index (κ2) is 9.75. The molecular formula is C16H29N3O. The van der Waals surface area contributed by atoms with Crippen LogP contribution < -0.4 is 5.48 Å². The molecule has 0 aliphatic carbocycles.